The van der Waals surface area contributed by atoms with Crippen LogP contribution in [0.3, 0.4) is 0 Å². The number of rotatable bonds is 5. The number of likely N-dealkylation sites (N-methyl/N-ethyl adjacent to an activating group) is 1. The number of benzene rings is 1. The molecule has 0 spiro atoms. The third-order valence-electron chi connectivity index (χ3n) is 5.05. The summed E-state index contributed by atoms with van der Waals surface area (Å²) in [6.45, 7) is 5.82. The smallest absolute Gasteiger partial charge is 0.0590 e. The average Bonchev–Trinajstić information content (AvgIpc) is 2.53. The van der Waals surface area contributed by atoms with E-state index < -0.39 is 0 Å². The van der Waals surface area contributed by atoms with Crippen molar-refractivity contribution in [1.29, 1.82) is 0 Å². The van der Waals surface area contributed by atoms with Crippen molar-refractivity contribution >= 4 is 11.6 Å². The Morgan fingerprint density at radius 2 is 2.19 bits per heavy atom. The Bertz CT molecular complexity index is 468. The zero-order valence-electron chi connectivity index (χ0n) is 13.3. The number of hydrogen-bond donors (Lipinski definition) is 1. The van der Waals surface area contributed by atoms with Crippen molar-refractivity contribution in [2.75, 3.05) is 20.2 Å². The van der Waals surface area contributed by atoms with E-state index in [0.29, 0.717) is 12.6 Å². The van der Waals surface area contributed by atoms with Crippen LogP contribution in [-0.4, -0.2) is 36.7 Å². The summed E-state index contributed by atoms with van der Waals surface area (Å²) < 4.78 is 5.84. The van der Waals surface area contributed by atoms with Gasteiger partial charge in [0.1, 0.15) is 0 Å². The van der Waals surface area contributed by atoms with E-state index in [2.05, 4.69) is 31.9 Å². The van der Waals surface area contributed by atoms with E-state index >= 15 is 0 Å². The van der Waals surface area contributed by atoms with Crippen LogP contribution in [0.4, 0.5) is 0 Å². The van der Waals surface area contributed by atoms with E-state index in [-0.39, 0.29) is 11.6 Å². The molecule has 0 aromatic heterocycles. The lowest BCUT2D eigenvalue weighted by atomic mass is 9.83. The zero-order valence-corrected chi connectivity index (χ0v) is 14.1. The average molecular weight is 311 g/mol. The predicted molar refractivity (Wildman–Crippen MR) is 88.7 cm³/mol. The highest BCUT2D eigenvalue weighted by molar-refractivity contribution is 6.31. The van der Waals surface area contributed by atoms with E-state index in [0.717, 1.165) is 36.5 Å². The lowest BCUT2D eigenvalue weighted by Gasteiger charge is -2.49. The third-order valence-corrected chi connectivity index (χ3v) is 5.39. The predicted octanol–water partition coefficient (Wildman–Crippen LogP) is 3.62. The Morgan fingerprint density at radius 3 is 2.81 bits per heavy atom. The normalized spacial score (nSPS) is 27.8. The molecule has 0 radical (unpaired) electrons. The van der Waals surface area contributed by atoms with Gasteiger partial charge in [0.05, 0.1) is 6.10 Å². The van der Waals surface area contributed by atoms with E-state index in [1.54, 1.807) is 0 Å². The van der Waals surface area contributed by atoms with E-state index in [4.69, 9.17) is 22.1 Å². The lowest BCUT2D eigenvalue weighted by molar-refractivity contribution is -0.0747. The second-order valence-electron chi connectivity index (χ2n) is 6.09. The Hall–Kier alpha value is -0.610. The van der Waals surface area contributed by atoms with E-state index in [1.807, 2.05) is 18.2 Å². The fourth-order valence-corrected chi connectivity index (χ4v) is 3.64. The largest absolute Gasteiger partial charge is 0.378 e. The van der Waals surface area contributed by atoms with Crippen LogP contribution in [0.15, 0.2) is 24.3 Å². The number of hydrogen-bond acceptors (Lipinski definition) is 3. The molecule has 0 aliphatic carbocycles. The summed E-state index contributed by atoms with van der Waals surface area (Å²) in [6.07, 6.45) is 3.32. The molecule has 1 aromatic carbocycles. The first-order valence-corrected chi connectivity index (χ1v) is 8.21. The molecule has 2 rings (SSSR count). The molecule has 4 heteroatoms. The number of nitrogens with zero attached hydrogens (tertiary/aromatic N) is 1. The summed E-state index contributed by atoms with van der Waals surface area (Å²) in [6, 6.07) is 8.30. The zero-order chi connectivity index (χ0) is 15.5. The molecule has 0 bridgehead atoms. The molecule has 1 aliphatic heterocycles. The SMILES string of the molecule is CCC1CC(CN)(N(C)C(C)c2ccccc2Cl)CCO1. The number of halogens is 1. The molecule has 0 amide bonds. The first-order chi connectivity index (χ1) is 10.0. The van der Waals surface area contributed by atoms with Crippen molar-refractivity contribution in [1.82, 2.24) is 4.90 Å². The Balaban J connectivity index is 2.23. The second-order valence-corrected chi connectivity index (χ2v) is 6.50. The summed E-state index contributed by atoms with van der Waals surface area (Å²) in [5, 5.41) is 0.822. The van der Waals surface area contributed by atoms with Crippen molar-refractivity contribution in [2.24, 2.45) is 5.73 Å². The van der Waals surface area contributed by atoms with Crippen molar-refractivity contribution in [3.05, 3.63) is 34.9 Å². The van der Waals surface area contributed by atoms with Gasteiger partial charge >= 0.3 is 0 Å². The van der Waals surface area contributed by atoms with Crippen LogP contribution in [0.5, 0.6) is 0 Å². The van der Waals surface area contributed by atoms with Gasteiger partial charge in [0.15, 0.2) is 0 Å². The van der Waals surface area contributed by atoms with Gasteiger partial charge in [-0.1, -0.05) is 36.7 Å². The molecule has 3 unspecified atom stereocenters. The molecule has 1 aliphatic rings. The molecule has 1 fully saturated rings. The molecule has 0 saturated carbocycles. The second kappa shape index (κ2) is 7.10. The van der Waals surface area contributed by atoms with Gasteiger partial charge < -0.3 is 10.5 Å². The van der Waals surface area contributed by atoms with Crippen LogP contribution in [0, 0.1) is 0 Å². The van der Waals surface area contributed by atoms with Crippen LogP contribution in [0.2, 0.25) is 5.02 Å². The Kier molecular flexibility index (Phi) is 5.67. The van der Waals surface area contributed by atoms with Gasteiger partial charge in [0, 0.05) is 29.8 Å². The molecule has 1 aromatic rings. The monoisotopic (exact) mass is 310 g/mol. The van der Waals surface area contributed by atoms with Crippen LogP contribution in [0.25, 0.3) is 0 Å². The molecular weight excluding hydrogens is 284 g/mol. The summed E-state index contributed by atoms with van der Waals surface area (Å²) in [7, 11) is 2.17. The minimum absolute atomic E-state index is 0.00247. The first-order valence-electron chi connectivity index (χ1n) is 7.83. The first kappa shape index (κ1) is 16.8. The fraction of sp³-hybridized carbons (Fsp3) is 0.647. The van der Waals surface area contributed by atoms with Crippen LogP contribution in [0.1, 0.15) is 44.7 Å². The molecular formula is C17H27ClN2O. The van der Waals surface area contributed by atoms with Crippen LogP contribution >= 0.6 is 11.6 Å². The van der Waals surface area contributed by atoms with Gasteiger partial charge in [-0.05, 0) is 44.9 Å². The van der Waals surface area contributed by atoms with Gasteiger partial charge in [-0.3, -0.25) is 4.90 Å². The van der Waals surface area contributed by atoms with Crippen molar-refractivity contribution < 1.29 is 4.74 Å². The molecule has 21 heavy (non-hydrogen) atoms. The number of ether oxygens (including phenoxy) is 1. The summed E-state index contributed by atoms with van der Waals surface area (Å²) in [5.41, 5.74) is 7.34. The minimum atomic E-state index is -0.00247. The molecule has 1 heterocycles. The Morgan fingerprint density at radius 1 is 1.48 bits per heavy atom. The standard InChI is InChI=1S/C17H27ClN2O/c1-4-14-11-17(12-19,9-10-21-14)20(3)13(2)15-7-5-6-8-16(15)18/h5-8,13-14H,4,9-12,19H2,1-3H3. The molecule has 118 valence electrons. The van der Waals surface area contributed by atoms with E-state index in [1.165, 1.54) is 0 Å². The highest BCUT2D eigenvalue weighted by atomic mass is 35.5. The third kappa shape index (κ3) is 3.42. The van der Waals surface area contributed by atoms with E-state index in [9.17, 15) is 0 Å². The maximum atomic E-state index is 6.36. The fourth-order valence-electron chi connectivity index (χ4n) is 3.35. The Labute approximate surface area is 133 Å². The van der Waals surface area contributed by atoms with Crippen molar-refractivity contribution in [2.45, 2.75) is 50.8 Å². The maximum absolute atomic E-state index is 6.36. The highest BCUT2D eigenvalue weighted by Crippen LogP contribution is 2.37. The molecule has 1 saturated heterocycles. The van der Waals surface area contributed by atoms with Crippen LogP contribution in [-0.2, 0) is 4.74 Å². The van der Waals surface area contributed by atoms with Crippen LogP contribution < -0.4 is 5.73 Å². The maximum Gasteiger partial charge on any atom is 0.0590 e. The summed E-state index contributed by atoms with van der Waals surface area (Å²) >= 11 is 6.36. The number of nitrogens with two attached hydrogens (primary N) is 1. The summed E-state index contributed by atoms with van der Waals surface area (Å²) in [5.74, 6) is 0. The lowest BCUT2D eigenvalue weighted by Crippen LogP contribution is -2.57. The highest BCUT2D eigenvalue weighted by Gasteiger charge is 2.41. The minimum Gasteiger partial charge on any atom is -0.378 e. The molecule has 3 nitrogen and oxygen atoms in total. The topological polar surface area (TPSA) is 38.5 Å². The van der Waals surface area contributed by atoms with Gasteiger partial charge in [-0.2, -0.15) is 0 Å². The van der Waals surface area contributed by atoms with Gasteiger partial charge in [0.25, 0.3) is 0 Å². The molecule has 2 N–H and O–H groups in total. The van der Waals surface area contributed by atoms with Crippen molar-refractivity contribution in [3.63, 3.8) is 0 Å². The van der Waals surface area contributed by atoms with Gasteiger partial charge in [0.2, 0.25) is 0 Å². The molecule has 3 atom stereocenters. The van der Waals surface area contributed by atoms with Gasteiger partial charge in [-0.25, -0.2) is 0 Å². The van der Waals surface area contributed by atoms with Gasteiger partial charge in [-0.15, -0.1) is 0 Å². The van der Waals surface area contributed by atoms with Crippen molar-refractivity contribution in [3.8, 4) is 0 Å². The summed E-state index contributed by atoms with van der Waals surface area (Å²) in [4.78, 5) is 2.40. The quantitative estimate of drug-likeness (QED) is 0.902.